The minimum atomic E-state index is -0.929. The zero-order valence-electron chi connectivity index (χ0n) is 12.8. The highest BCUT2D eigenvalue weighted by molar-refractivity contribution is 5.75. The monoisotopic (exact) mass is 276 g/mol. The minimum Gasteiger partial charge on any atom is -0.387 e. The SMILES string of the molecule is CCCn1c(CC(C)(O)C(C)OC)nc2ccccc21. The maximum absolute atomic E-state index is 10.6. The van der Waals surface area contributed by atoms with Crippen LogP contribution >= 0.6 is 0 Å². The van der Waals surface area contributed by atoms with Crippen LogP contribution in [0.2, 0.25) is 0 Å². The first-order valence-corrected chi connectivity index (χ1v) is 7.19. The van der Waals surface area contributed by atoms with E-state index in [1.54, 1.807) is 14.0 Å². The zero-order valence-corrected chi connectivity index (χ0v) is 12.8. The molecule has 4 nitrogen and oxygen atoms in total. The molecule has 1 heterocycles. The van der Waals surface area contributed by atoms with Gasteiger partial charge in [0.15, 0.2) is 0 Å². The van der Waals surface area contributed by atoms with Crippen molar-refractivity contribution >= 4 is 11.0 Å². The average Bonchev–Trinajstić information content (AvgIpc) is 2.75. The lowest BCUT2D eigenvalue weighted by molar-refractivity contribution is -0.0729. The summed E-state index contributed by atoms with van der Waals surface area (Å²) in [5, 5.41) is 10.6. The molecule has 0 radical (unpaired) electrons. The highest BCUT2D eigenvalue weighted by atomic mass is 16.5. The molecule has 0 bridgehead atoms. The number of aliphatic hydroxyl groups is 1. The molecule has 2 aromatic rings. The summed E-state index contributed by atoms with van der Waals surface area (Å²) in [5.41, 5.74) is 1.18. The molecule has 1 aromatic carbocycles. The van der Waals surface area contributed by atoms with Crippen molar-refractivity contribution in [1.29, 1.82) is 0 Å². The van der Waals surface area contributed by atoms with Crippen LogP contribution in [0.5, 0.6) is 0 Å². The summed E-state index contributed by atoms with van der Waals surface area (Å²) in [7, 11) is 1.62. The molecule has 2 rings (SSSR count). The molecule has 20 heavy (non-hydrogen) atoms. The summed E-state index contributed by atoms with van der Waals surface area (Å²) in [6.07, 6.45) is 1.28. The van der Waals surface area contributed by atoms with E-state index in [2.05, 4.69) is 22.5 Å². The second kappa shape index (κ2) is 5.94. The molecule has 2 atom stereocenters. The highest BCUT2D eigenvalue weighted by Crippen LogP contribution is 2.23. The van der Waals surface area contributed by atoms with Gasteiger partial charge in [-0.25, -0.2) is 4.98 Å². The Bertz CT molecular complexity index is 575. The molecule has 0 amide bonds. The number of rotatable bonds is 6. The third-order valence-electron chi connectivity index (χ3n) is 3.93. The topological polar surface area (TPSA) is 47.3 Å². The number of nitrogens with zero attached hydrogens (tertiary/aromatic N) is 2. The molecule has 0 aliphatic carbocycles. The Morgan fingerprint density at radius 1 is 1.40 bits per heavy atom. The molecule has 0 saturated heterocycles. The fourth-order valence-electron chi connectivity index (χ4n) is 2.45. The van der Waals surface area contributed by atoms with Crippen molar-refractivity contribution in [3.8, 4) is 0 Å². The van der Waals surface area contributed by atoms with Crippen LogP contribution in [0.25, 0.3) is 11.0 Å². The Morgan fingerprint density at radius 3 is 2.75 bits per heavy atom. The molecule has 0 aliphatic rings. The van der Waals surface area contributed by atoms with Crippen molar-refractivity contribution in [3.05, 3.63) is 30.1 Å². The molecule has 2 unspecified atom stereocenters. The van der Waals surface area contributed by atoms with E-state index in [1.165, 1.54) is 0 Å². The summed E-state index contributed by atoms with van der Waals surface area (Å²) >= 11 is 0. The third kappa shape index (κ3) is 2.86. The Balaban J connectivity index is 2.40. The van der Waals surface area contributed by atoms with Crippen molar-refractivity contribution in [2.45, 2.75) is 51.9 Å². The standard InChI is InChI=1S/C16H24N2O2/c1-5-10-18-14-9-7-6-8-13(14)17-15(18)11-16(3,19)12(2)20-4/h6-9,12,19H,5,10-11H2,1-4H3. The Kier molecular flexibility index (Phi) is 4.45. The molecule has 110 valence electrons. The van der Waals surface area contributed by atoms with E-state index in [0.717, 1.165) is 29.8 Å². The van der Waals surface area contributed by atoms with E-state index in [9.17, 15) is 5.11 Å². The first kappa shape index (κ1) is 15.0. The van der Waals surface area contributed by atoms with Gasteiger partial charge in [0.05, 0.1) is 22.7 Å². The highest BCUT2D eigenvalue weighted by Gasteiger charge is 2.31. The molecular weight excluding hydrogens is 252 g/mol. The quantitative estimate of drug-likeness (QED) is 0.882. The summed E-state index contributed by atoms with van der Waals surface area (Å²) in [4.78, 5) is 4.68. The first-order valence-electron chi connectivity index (χ1n) is 7.19. The molecule has 1 aromatic heterocycles. The van der Waals surface area contributed by atoms with Gasteiger partial charge in [0, 0.05) is 20.1 Å². The Hall–Kier alpha value is -1.39. The van der Waals surface area contributed by atoms with E-state index >= 15 is 0 Å². The normalized spacial score (nSPS) is 16.2. The fraction of sp³-hybridized carbons (Fsp3) is 0.562. The molecule has 0 spiro atoms. The molecule has 0 aliphatic heterocycles. The lowest BCUT2D eigenvalue weighted by atomic mass is 9.96. The van der Waals surface area contributed by atoms with Gasteiger partial charge in [-0.2, -0.15) is 0 Å². The maximum Gasteiger partial charge on any atom is 0.112 e. The predicted octanol–water partition coefficient (Wildman–Crippen LogP) is 2.77. The number of aromatic nitrogens is 2. The fourth-order valence-corrected chi connectivity index (χ4v) is 2.45. The van der Waals surface area contributed by atoms with E-state index in [-0.39, 0.29) is 6.10 Å². The van der Waals surface area contributed by atoms with Gasteiger partial charge >= 0.3 is 0 Å². The van der Waals surface area contributed by atoms with Crippen molar-refractivity contribution in [1.82, 2.24) is 9.55 Å². The van der Waals surface area contributed by atoms with Crippen LogP contribution in [0.1, 0.15) is 33.0 Å². The maximum atomic E-state index is 10.6. The van der Waals surface area contributed by atoms with E-state index in [1.807, 2.05) is 25.1 Å². The second-order valence-electron chi connectivity index (χ2n) is 5.58. The van der Waals surface area contributed by atoms with Gasteiger partial charge in [-0.05, 0) is 32.4 Å². The minimum absolute atomic E-state index is 0.239. The number of imidazole rings is 1. The number of fused-ring (bicyclic) bond motifs is 1. The van der Waals surface area contributed by atoms with Gasteiger partial charge in [-0.1, -0.05) is 19.1 Å². The van der Waals surface area contributed by atoms with Gasteiger partial charge in [0.2, 0.25) is 0 Å². The summed E-state index contributed by atoms with van der Waals surface area (Å²) in [6.45, 7) is 6.74. The molecule has 1 N–H and O–H groups in total. The summed E-state index contributed by atoms with van der Waals surface area (Å²) in [6, 6.07) is 8.11. The van der Waals surface area contributed by atoms with E-state index < -0.39 is 5.60 Å². The van der Waals surface area contributed by atoms with E-state index in [4.69, 9.17) is 4.74 Å². The molecular formula is C16H24N2O2. The zero-order chi connectivity index (χ0) is 14.8. The number of ether oxygens (including phenoxy) is 1. The number of hydrogen-bond acceptors (Lipinski definition) is 3. The smallest absolute Gasteiger partial charge is 0.112 e. The largest absolute Gasteiger partial charge is 0.387 e. The van der Waals surface area contributed by atoms with Gasteiger partial charge < -0.3 is 14.4 Å². The third-order valence-corrected chi connectivity index (χ3v) is 3.93. The van der Waals surface area contributed by atoms with Crippen LogP contribution in [0.15, 0.2) is 24.3 Å². The number of hydrogen-bond donors (Lipinski definition) is 1. The van der Waals surface area contributed by atoms with Crippen LogP contribution < -0.4 is 0 Å². The van der Waals surface area contributed by atoms with Gasteiger partial charge in [0.25, 0.3) is 0 Å². The average molecular weight is 276 g/mol. The Labute approximate surface area is 120 Å². The van der Waals surface area contributed by atoms with Gasteiger partial charge in [-0.15, -0.1) is 0 Å². The summed E-state index contributed by atoms with van der Waals surface area (Å²) in [5.74, 6) is 0.918. The Morgan fingerprint density at radius 2 is 2.10 bits per heavy atom. The van der Waals surface area contributed by atoms with Crippen LogP contribution in [0.4, 0.5) is 0 Å². The number of aryl methyl sites for hydroxylation is 1. The first-order chi connectivity index (χ1) is 9.49. The van der Waals surface area contributed by atoms with Gasteiger partial charge in [-0.3, -0.25) is 0 Å². The van der Waals surface area contributed by atoms with Crippen molar-refractivity contribution < 1.29 is 9.84 Å². The van der Waals surface area contributed by atoms with Crippen LogP contribution in [-0.2, 0) is 17.7 Å². The molecule has 4 heteroatoms. The number of para-hydroxylation sites is 2. The van der Waals surface area contributed by atoms with Gasteiger partial charge in [0.1, 0.15) is 5.82 Å². The number of methoxy groups -OCH3 is 1. The molecule has 0 saturated carbocycles. The van der Waals surface area contributed by atoms with E-state index in [0.29, 0.717) is 6.42 Å². The second-order valence-corrected chi connectivity index (χ2v) is 5.58. The lowest BCUT2D eigenvalue weighted by Crippen LogP contribution is -2.41. The predicted molar refractivity (Wildman–Crippen MR) is 80.8 cm³/mol. The van der Waals surface area contributed by atoms with Crippen molar-refractivity contribution in [3.63, 3.8) is 0 Å². The van der Waals surface area contributed by atoms with Crippen molar-refractivity contribution in [2.24, 2.45) is 0 Å². The lowest BCUT2D eigenvalue weighted by Gasteiger charge is -2.29. The van der Waals surface area contributed by atoms with Crippen LogP contribution in [-0.4, -0.2) is 33.5 Å². The van der Waals surface area contributed by atoms with Crippen LogP contribution in [0, 0.1) is 0 Å². The number of benzene rings is 1. The van der Waals surface area contributed by atoms with Crippen LogP contribution in [0.3, 0.4) is 0 Å². The summed E-state index contributed by atoms with van der Waals surface area (Å²) < 4.78 is 7.47. The van der Waals surface area contributed by atoms with Crippen molar-refractivity contribution in [2.75, 3.05) is 7.11 Å². The molecule has 0 fully saturated rings.